The summed E-state index contributed by atoms with van der Waals surface area (Å²) in [5, 5.41) is 0.535. The summed E-state index contributed by atoms with van der Waals surface area (Å²) in [4.78, 5) is 12.1. The Hall–Kier alpha value is -1.60. The van der Waals surface area contributed by atoms with E-state index in [4.69, 9.17) is 11.6 Å². The summed E-state index contributed by atoms with van der Waals surface area (Å²) >= 11 is 6.01. The van der Waals surface area contributed by atoms with Crippen molar-refractivity contribution in [2.24, 2.45) is 0 Å². The van der Waals surface area contributed by atoms with Crippen LogP contribution >= 0.6 is 11.6 Å². The molecule has 0 spiro atoms. The van der Waals surface area contributed by atoms with E-state index in [2.05, 4.69) is 19.1 Å². The molecule has 0 heterocycles. The van der Waals surface area contributed by atoms with Gasteiger partial charge in [-0.2, -0.15) is 0 Å². The molecule has 0 unspecified atom stereocenters. The minimum atomic E-state index is 0.101. The summed E-state index contributed by atoms with van der Waals surface area (Å²) < 4.78 is 0. The third-order valence-electron chi connectivity index (χ3n) is 3.06. The van der Waals surface area contributed by atoms with Gasteiger partial charge < -0.3 is 0 Å². The van der Waals surface area contributed by atoms with Crippen LogP contribution in [0.1, 0.15) is 27.9 Å². The molecule has 2 aromatic rings. The maximum absolute atomic E-state index is 12.1. The van der Waals surface area contributed by atoms with Gasteiger partial charge in [0.2, 0.25) is 0 Å². The van der Waals surface area contributed by atoms with E-state index < -0.39 is 0 Å². The zero-order chi connectivity index (χ0) is 13.0. The Morgan fingerprint density at radius 3 is 2.44 bits per heavy atom. The summed E-state index contributed by atoms with van der Waals surface area (Å²) in [5.74, 6) is 0.101. The zero-order valence-corrected chi connectivity index (χ0v) is 11.1. The Morgan fingerprint density at radius 1 is 1.06 bits per heavy atom. The van der Waals surface area contributed by atoms with Crippen LogP contribution in [0.15, 0.2) is 48.5 Å². The minimum Gasteiger partial charge on any atom is -0.294 e. The molecule has 0 radical (unpaired) electrons. The first-order valence-corrected chi connectivity index (χ1v) is 6.38. The van der Waals surface area contributed by atoms with Gasteiger partial charge in [-0.05, 0) is 36.6 Å². The van der Waals surface area contributed by atoms with Gasteiger partial charge in [-0.1, -0.05) is 48.0 Å². The molecule has 0 amide bonds. The highest BCUT2D eigenvalue weighted by Crippen LogP contribution is 2.18. The van der Waals surface area contributed by atoms with Crippen LogP contribution in [0.3, 0.4) is 0 Å². The quantitative estimate of drug-likeness (QED) is 0.740. The lowest BCUT2D eigenvalue weighted by molar-refractivity contribution is 0.0983. The van der Waals surface area contributed by atoms with Crippen LogP contribution < -0.4 is 0 Å². The highest BCUT2D eigenvalue weighted by atomic mass is 35.5. The van der Waals surface area contributed by atoms with Gasteiger partial charge in [0.1, 0.15) is 0 Å². The molecule has 0 N–H and O–H groups in total. The van der Waals surface area contributed by atoms with Gasteiger partial charge in [0.05, 0.1) is 5.02 Å². The number of hydrogen-bond donors (Lipinski definition) is 0. The Bertz CT molecular complexity index is 561. The van der Waals surface area contributed by atoms with E-state index in [9.17, 15) is 4.79 Å². The molecule has 18 heavy (non-hydrogen) atoms. The van der Waals surface area contributed by atoms with Crippen LogP contribution in [0.5, 0.6) is 0 Å². The summed E-state index contributed by atoms with van der Waals surface area (Å²) in [6.07, 6.45) is 1.26. The Balaban J connectivity index is 2.06. The van der Waals surface area contributed by atoms with Gasteiger partial charge in [0, 0.05) is 12.0 Å². The van der Waals surface area contributed by atoms with Crippen LogP contribution in [-0.4, -0.2) is 5.78 Å². The number of rotatable bonds is 4. The third kappa shape index (κ3) is 2.99. The SMILES string of the molecule is Cc1ccccc1CCC(=O)c1ccccc1Cl. The van der Waals surface area contributed by atoms with Crippen molar-refractivity contribution in [3.63, 3.8) is 0 Å². The Morgan fingerprint density at radius 2 is 1.72 bits per heavy atom. The van der Waals surface area contributed by atoms with Crippen molar-refractivity contribution in [2.75, 3.05) is 0 Å². The van der Waals surface area contributed by atoms with E-state index in [1.54, 1.807) is 12.1 Å². The van der Waals surface area contributed by atoms with Gasteiger partial charge in [-0.3, -0.25) is 4.79 Å². The van der Waals surface area contributed by atoms with E-state index in [1.807, 2.05) is 24.3 Å². The second kappa shape index (κ2) is 5.83. The smallest absolute Gasteiger partial charge is 0.164 e. The number of carbonyl (C=O) groups excluding carboxylic acids is 1. The number of hydrogen-bond acceptors (Lipinski definition) is 1. The van der Waals surface area contributed by atoms with Crippen LogP contribution in [-0.2, 0) is 6.42 Å². The molecule has 92 valence electrons. The molecule has 0 atom stereocenters. The topological polar surface area (TPSA) is 17.1 Å². The number of halogens is 1. The maximum Gasteiger partial charge on any atom is 0.164 e. The molecule has 0 aliphatic carbocycles. The number of ketones is 1. The van der Waals surface area contributed by atoms with Crippen LogP contribution in [0, 0.1) is 6.92 Å². The second-order valence-electron chi connectivity index (χ2n) is 4.33. The predicted molar refractivity (Wildman–Crippen MR) is 75.3 cm³/mol. The maximum atomic E-state index is 12.1. The standard InChI is InChI=1S/C16H15ClO/c1-12-6-2-3-7-13(12)10-11-16(18)14-8-4-5-9-15(14)17/h2-9H,10-11H2,1H3. The van der Waals surface area contributed by atoms with Crippen LogP contribution in [0.4, 0.5) is 0 Å². The van der Waals surface area contributed by atoms with E-state index in [-0.39, 0.29) is 5.78 Å². The summed E-state index contributed by atoms with van der Waals surface area (Å²) in [7, 11) is 0. The minimum absolute atomic E-state index is 0.101. The first-order valence-electron chi connectivity index (χ1n) is 6.00. The lowest BCUT2D eigenvalue weighted by Crippen LogP contribution is -2.02. The fraction of sp³-hybridized carbons (Fsp3) is 0.188. The lowest BCUT2D eigenvalue weighted by Gasteiger charge is -2.06. The molecule has 0 saturated carbocycles. The van der Waals surface area contributed by atoms with Gasteiger partial charge in [-0.25, -0.2) is 0 Å². The van der Waals surface area contributed by atoms with Crippen LogP contribution in [0.2, 0.25) is 5.02 Å². The van der Waals surface area contributed by atoms with Crippen molar-refractivity contribution in [1.82, 2.24) is 0 Å². The lowest BCUT2D eigenvalue weighted by atomic mass is 10.00. The molecule has 2 rings (SSSR count). The van der Waals surface area contributed by atoms with Gasteiger partial charge in [0.15, 0.2) is 5.78 Å². The molecule has 0 aliphatic heterocycles. The molecule has 1 nitrogen and oxygen atoms in total. The average molecular weight is 259 g/mol. The number of Topliss-reactive ketones (excluding diaryl/α,β-unsaturated/α-hetero) is 1. The van der Waals surface area contributed by atoms with E-state index >= 15 is 0 Å². The molecule has 0 saturated heterocycles. The van der Waals surface area contributed by atoms with Gasteiger partial charge in [-0.15, -0.1) is 0 Å². The predicted octanol–water partition coefficient (Wildman–Crippen LogP) is 4.46. The van der Waals surface area contributed by atoms with Crippen molar-refractivity contribution in [3.8, 4) is 0 Å². The van der Waals surface area contributed by atoms with Crippen molar-refractivity contribution < 1.29 is 4.79 Å². The Kier molecular flexibility index (Phi) is 4.16. The first-order chi connectivity index (χ1) is 8.68. The number of aryl methyl sites for hydroxylation is 2. The summed E-state index contributed by atoms with van der Waals surface area (Å²) in [6, 6.07) is 15.3. The highest BCUT2D eigenvalue weighted by molar-refractivity contribution is 6.33. The molecular formula is C16H15ClO. The normalized spacial score (nSPS) is 10.3. The van der Waals surface area contributed by atoms with Crippen molar-refractivity contribution in [3.05, 3.63) is 70.2 Å². The summed E-state index contributed by atoms with van der Waals surface area (Å²) in [5.41, 5.74) is 3.06. The molecular weight excluding hydrogens is 244 g/mol. The molecule has 2 aromatic carbocycles. The second-order valence-corrected chi connectivity index (χ2v) is 4.74. The van der Waals surface area contributed by atoms with Gasteiger partial charge in [0.25, 0.3) is 0 Å². The largest absolute Gasteiger partial charge is 0.294 e. The van der Waals surface area contributed by atoms with Crippen molar-refractivity contribution in [2.45, 2.75) is 19.8 Å². The molecule has 0 aliphatic rings. The average Bonchev–Trinajstić information content (AvgIpc) is 2.38. The first kappa shape index (κ1) is 12.8. The fourth-order valence-corrected chi connectivity index (χ4v) is 2.20. The monoisotopic (exact) mass is 258 g/mol. The van der Waals surface area contributed by atoms with E-state index in [1.165, 1.54) is 11.1 Å². The molecule has 2 heteroatoms. The fourth-order valence-electron chi connectivity index (χ4n) is 1.96. The Labute approximate surface area is 112 Å². The third-order valence-corrected chi connectivity index (χ3v) is 3.39. The molecule has 0 bridgehead atoms. The molecule has 0 fully saturated rings. The highest BCUT2D eigenvalue weighted by Gasteiger charge is 2.10. The number of benzene rings is 2. The molecule has 0 aromatic heterocycles. The van der Waals surface area contributed by atoms with Crippen molar-refractivity contribution in [1.29, 1.82) is 0 Å². The van der Waals surface area contributed by atoms with Crippen molar-refractivity contribution >= 4 is 17.4 Å². The van der Waals surface area contributed by atoms with E-state index in [0.717, 1.165) is 6.42 Å². The van der Waals surface area contributed by atoms with Crippen LogP contribution in [0.25, 0.3) is 0 Å². The van der Waals surface area contributed by atoms with Gasteiger partial charge >= 0.3 is 0 Å². The zero-order valence-electron chi connectivity index (χ0n) is 10.3. The summed E-state index contributed by atoms with van der Waals surface area (Å²) in [6.45, 7) is 2.06. The van der Waals surface area contributed by atoms with E-state index in [0.29, 0.717) is 17.0 Å². The number of carbonyl (C=O) groups is 1.